The van der Waals surface area contributed by atoms with E-state index in [9.17, 15) is 9.90 Å². The molecule has 0 saturated heterocycles. The smallest absolute Gasteiger partial charge is 0.251 e. The Morgan fingerprint density at radius 1 is 1.33 bits per heavy atom. The van der Waals surface area contributed by atoms with E-state index in [1.807, 2.05) is 26.0 Å². The van der Waals surface area contributed by atoms with Crippen molar-refractivity contribution in [2.75, 3.05) is 6.54 Å². The lowest BCUT2D eigenvalue weighted by molar-refractivity contribution is 0.0850. The number of hydrogen-bond donors (Lipinski definition) is 2. The van der Waals surface area contributed by atoms with Crippen molar-refractivity contribution in [2.45, 2.75) is 33.0 Å². The molecule has 128 valence electrons. The van der Waals surface area contributed by atoms with Crippen molar-refractivity contribution in [3.63, 3.8) is 0 Å². The van der Waals surface area contributed by atoms with Gasteiger partial charge in [0.05, 0.1) is 6.10 Å². The molecule has 1 aromatic heterocycles. The summed E-state index contributed by atoms with van der Waals surface area (Å²) in [6.07, 6.45) is 3.79. The molecule has 0 radical (unpaired) electrons. The van der Waals surface area contributed by atoms with Gasteiger partial charge in [-0.1, -0.05) is 32.4 Å². The summed E-state index contributed by atoms with van der Waals surface area (Å²) in [5.74, 6) is 0.553. The van der Waals surface area contributed by atoms with Gasteiger partial charge in [0.1, 0.15) is 12.4 Å². The molecule has 0 bridgehead atoms. The highest BCUT2D eigenvalue weighted by Gasteiger charge is 2.14. The summed E-state index contributed by atoms with van der Waals surface area (Å²) >= 11 is 0. The van der Waals surface area contributed by atoms with E-state index < -0.39 is 6.10 Å². The topological polar surface area (TPSA) is 71.5 Å². The lowest BCUT2D eigenvalue weighted by atomic mass is 10.0. The number of aromatic nitrogens is 1. The maximum absolute atomic E-state index is 12.2. The Labute approximate surface area is 142 Å². The molecule has 0 aliphatic carbocycles. The second-order valence-electron chi connectivity index (χ2n) is 5.84. The molecule has 5 heteroatoms. The number of pyridine rings is 1. The molecule has 1 heterocycles. The molecule has 2 atom stereocenters. The van der Waals surface area contributed by atoms with E-state index in [1.54, 1.807) is 36.7 Å². The molecular formula is C19H24N2O3. The van der Waals surface area contributed by atoms with Gasteiger partial charge in [0.25, 0.3) is 5.91 Å². The van der Waals surface area contributed by atoms with Crippen LogP contribution in [0.5, 0.6) is 5.75 Å². The minimum Gasteiger partial charge on any atom is -0.489 e. The van der Waals surface area contributed by atoms with Crippen molar-refractivity contribution in [3.8, 4) is 5.75 Å². The molecule has 0 saturated carbocycles. The zero-order valence-electron chi connectivity index (χ0n) is 14.1. The number of aliphatic hydroxyl groups excluding tert-OH is 1. The molecule has 0 aliphatic heterocycles. The molecule has 0 fully saturated rings. The zero-order valence-corrected chi connectivity index (χ0v) is 14.1. The standard InChI is InChI=1S/C19H24N2O3/c1-3-14(2)18(22)12-21-19(23)16-7-4-8-17(10-16)24-13-15-6-5-9-20-11-15/h4-11,14,18,22H,3,12-13H2,1-2H3,(H,21,23). The highest BCUT2D eigenvalue weighted by Crippen LogP contribution is 2.15. The molecule has 2 aromatic rings. The normalized spacial score (nSPS) is 13.1. The van der Waals surface area contributed by atoms with Crippen LogP contribution < -0.4 is 10.1 Å². The number of rotatable bonds is 8. The summed E-state index contributed by atoms with van der Waals surface area (Å²) in [4.78, 5) is 16.2. The van der Waals surface area contributed by atoms with E-state index in [0.29, 0.717) is 17.9 Å². The fourth-order valence-electron chi connectivity index (χ4n) is 2.15. The molecule has 0 spiro atoms. The Morgan fingerprint density at radius 2 is 2.17 bits per heavy atom. The predicted molar refractivity (Wildman–Crippen MR) is 92.8 cm³/mol. The summed E-state index contributed by atoms with van der Waals surface area (Å²) in [6, 6.07) is 10.8. The van der Waals surface area contributed by atoms with Crippen molar-refractivity contribution >= 4 is 5.91 Å². The number of carbonyl (C=O) groups excluding carboxylic acids is 1. The van der Waals surface area contributed by atoms with Gasteiger partial charge >= 0.3 is 0 Å². The number of ether oxygens (including phenoxy) is 1. The zero-order chi connectivity index (χ0) is 17.4. The van der Waals surface area contributed by atoms with Crippen LogP contribution in [0.25, 0.3) is 0 Å². The third kappa shape index (κ3) is 5.35. The van der Waals surface area contributed by atoms with Gasteiger partial charge in [-0.3, -0.25) is 9.78 Å². The number of carbonyl (C=O) groups is 1. The van der Waals surface area contributed by atoms with E-state index in [0.717, 1.165) is 12.0 Å². The van der Waals surface area contributed by atoms with Gasteiger partial charge in [-0.25, -0.2) is 0 Å². The average Bonchev–Trinajstić information content (AvgIpc) is 2.64. The van der Waals surface area contributed by atoms with Crippen LogP contribution >= 0.6 is 0 Å². The third-order valence-electron chi connectivity index (χ3n) is 4.00. The molecule has 2 N–H and O–H groups in total. The van der Waals surface area contributed by atoms with Crippen molar-refractivity contribution in [3.05, 3.63) is 59.9 Å². The molecule has 1 amide bonds. The monoisotopic (exact) mass is 328 g/mol. The first kappa shape index (κ1) is 17.9. The average molecular weight is 328 g/mol. The molecule has 2 unspecified atom stereocenters. The third-order valence-corrected chi connectivity index (χ3v) is 4.00. The van der Waals surface area contributed by atoms with Crippen molar-refractivity contribution in [1.82, 2.24) is 10.3 Å². The van der Waals surface area contributed by atoms with Gasteiger partial charge in [-0.2, -0.15) is 0 Å². The molecule has 2 rings (SSSR count). The number of hydrogen-bond acceptors (Lipinski definition) is 4. The first-order valence-electron chi connectivity index (χ1n) is 8.18. The quantitative estimate of drug-likeness (QED) is 0.782. The van der Waals surface area contributed by atoms with Crippen molar-refractivity contribution in [1.29, 1.82) is 0 Å². The minimum absolute atomic E-state index is 0.152. The van der Waals surface area contributed by atoms with E-state index in [1.165, 1.54) is 0 Å². The lowest BCUT2D eigenvalue weighted by Crippen LogP contribution is -2.35. The van der Waals surface area contributed by atoms with Crippen LogP contribution in [-0.4, -0.2) is 28.6 Å². The Balaban J connectivity index is 1.90. The molecule has 24 heavy (non-hydrogen) atoms. The molecule has 1 aromatic carbocycles. The SMILES string of the molecule is CCC(C)C(O)CNC(=O)c1cccc(OCc2cccnc2)c1. The van der Waals surface area contributed by atoms with Crippen LogP contribution in [0.3, 0.4) is 0 Å². The summed E-state index contributed by atoms with van der Waals surface area (Å²) in [5, 5.41) is 12.7. The first-order valence-corrected chi connectivity index (χ1v) is 8.18. The number of aliphatic hydroxyl groups is 1. The number of benzene rings is 1. The maximum Gasteiger partial charge on any atom is 0.251 e. The van der Waals surface area contributed by atoms with Gasteiger partial charge in [-0.05, 0) is 30.2 Å². The second-order valence-corrected chi connectivity index (χ2v) is 5.84. The van der Waals surface area contributed by atoms with Crippen LogP contribution in [0.1, 0.15) is 36.2 Å². The Bertz CT molecular complexity index is 646. The minimum atomic E-state index is -0.538. The van der Waals surface area contributed by atoms with E-state index >= 15 is 0 Å². The van der Waals surface area contributed by atoms with Gasteiger partial charge < -0.3 is 15.2 Å². The Hall–Kier alpha value is -2.40. The highest BCUT2D eigenvalue weighted by atomic mass is 16.5. The summed E-state index contributed by atoms with van der Waals surface area (Å²) in [7, 11) is 0. The van der Waals surface area contributed by atoms with Crippen molar-refractivity contribution in [2.24, 2.45) is 5.92 Å². The van der Waals surface area contributed by atoms with Crippen LogP contribution in [0.15, 0.2) is 48.8 Å². The lowest BCUT2D eigenvalue weighted by Gasteiger charge is -2.17. The Kier molecular flexibility index (Phi) is 6.75. The van der Waals surface area contributed by atoms with Gasteiger partial charge in [0.2, 0.25) is 0 Å². The van der Waals surface area contributed by atoms with E-state index in [2.05, 4.69) is 10.3 Å². The summed E-state index contributed by atoms with van der Waals surface area (Å²) < 4.78 is 5.69. The molecular weight excluding hydrogens is 304 g/mol. The van der Waals surface area contributed by atoms with Crippen LogP contribution in [-0.2, 0) is 6.61 Å². The second kappa shape index (κ2) is 9.03. The van der Waals surface area contributed by atoms with Crippen LogP contribution in [0, 0.1) is 5.92 Å². The fourth-order valence-corrected chi connectivity index (χ4v) is 2.15. The van der Waals surface area contributed by atoms with Crippen LogP contribution in [0.4, 0.5) is 0 Å². The molecule has 0 aliphatic rings. The predicted octanol–water partition coefficient (Wildman–Crippen LogP) is 2.80. The largest absolute Gasteiger partial charge is 0.489 e. The first-order chi connectivity index (χ1) is 11.6. The fraction of sp³-hybridized carbons (Fsp3) is 0.368. The van der Waals surface area contributed by atoms with E-state index in [4.69, 9.17) is 4.74 Å². The summed E-state index contributed by atoms with van der Waals surface area (Å²) in [5.41, 5.74) is 1.47. The van der Waals surface area contributed by atoms with E-state index in [-0.39, 0.29) is 18.4 Å². The summed E-state index contributed by atoms with van der Waals surface area (Å²) in [6.45, 7) is 4.61. The number of nitrogens with zero attached hydrogens (tertiary/aromatic N) is 1. The van der Waals surface area contributed by atoms with Crippen molar-refractivity contribution < 1.29 is 14.6 Å². The highest BCUT2D eigenvalue weighted by molar-refractivity contribution is 5.94. The van der Waals surface area contributed by atoms with Gasteiger partial charge in [-0.15, -0.1) is 0 Å². The number of nitrogens with one attached hydrogen (secondary N) is 1. The van der Waals surface area contributed by atoms with Gasteiger partial charge in [0.15, 0.2) is 0 Å². The molecule has 5 nitrogen and oxygen atoms in total. The Morgan fingerprint density at radius 3 is 2.88 bits per heavy atom. The number of amides is 1. The van der Waals surface area contributed by atoms with Crippen LogP contribution in [0.2, 0.25) is 0 Å². The maximum atomic E-state index is 12.2. The van der Waals surface area contributed by atoms with Gasteiger partial charge in [0, 0.05) is 30.1 Å².